The van der Waals surface area contributed by atoms with Crippen LogP contribution in [0.2, 0.25) is 0 Å². The van der Waals surface area contributed by atoms with E-state index in [1.807, 2.05) is 13.0 Å². The van der Waals surface area contributed by atoms with Crippen LogP contribution in [0.3, 0.4) is 0 Å². The van der Waals surface area contributed by atoms with Crippen molar-refractivity contribution in [2.75, 3.05) is 0 Å². The van der Waals surface area contributed by atoms with E-state index in [9.17, 15) is 24.9 Å². The number of ether oxygens (including phenoxy) is 1. The molecule has 0 aromatic carbocycles. The van der Waals surface area contributed by atoms with Crippen LogP contribution in [0.5, 0.6) is 0 Å². The molecule has 0 aromatic rings. The second kappa shape index (κ2) is 7.51. The molecule has 3 N–H and O–H groups in total. The summed E-state index contributed by atoms with van der Waals surface area (Å²) in [5.41, 5.74) is -2.87. The van der Waals surface area contributed by atoms with Gasteiger partial charge in [0.25, 0.3) is 0 Å². The number of esters is 1. The third kappa shape index (κ3) is 2.88. The largest absolute Gasteiger partial charge is 0.458 e. The van der Waals surface area contributed by atoms with Crippen LogP contribution in [0.25, 0.3) is 0 Å². The van der Waals surface area contributed by atoms with Crippen molar-refractivity contribution >= 4 is 11.8 Å². The molecule has 0 heterocycles. The second-order valence-corrected chi connectivity index (χ2v) is 11.2. The van der Waals surface area contributed by atoms with Crippen molar-refractivity contribution in [2.45, 2.75) is 103 Å². The number of rotatable bonds is 3. The summed E-state index contributed by atoms with van der Waals surface area (Å²) in [5, 5.41) is 34.8. The van der Waals surface area contributed by atoms with Crippen molar-refractivity contribution in [3.05, 3.63) is 23.3 Å². The van der Waals surface area contributed by atoms with Crippen LogP contribution in [-0.4, -0.2) is 50.5 Å². The highest BCUT2D eigenvalue weighted by Crippen LogP contribution is 2.70. The Morgan fingerprint density at radius 3 is 2.47 bits per heavy atom. The molecule has 3 fully saturated rings. The van der Waals surface area contributed by atoms with Crippen molar-refractivity contribution in [2.24, 2.45) is 22.7 Å². The van der Waals surface area contributed by atoms with Crippen LogP contribution in [0.15, 0.2) is 23.3 Å². The lowest BCUT2D eigenvalue weighted by Crippen LogP contribution is -2.75. The monoisotopic (exact) mass is 446 g/mol. The van der Waals surface area contributed by atoms with E-state index < -0.39 is 46.1 Å². The SMILES string of the molecule is CC=C(C)C(=O)OC1CC2C3(C)CCC(O)CC3=CCC2(O)C2(O)CCC(C(C)=O)C12C. The number of aliphatic hydroxyl groups is 3. The van der Waals surface area contributed by atoms with E-state index in [1.54, 1.807) is 19.9 Å². The lowest BCUT2D eigenvalue weighted by Gasteiger charge is -2.66. The quantitative estimate of drug-likeness (QED) is 0.349. The molecule has 8 unspecified atom stereocenters. The zero-order valence-corrected chi connectivity index (χ0v) is 20.0. The number of fused-ring (bicyclic) bond motifs is 5. The Morgan fingerprint density at radius 2 is 1.84 bits per heavy atom. The normalized spacial score (nSPS) is 48.2. The fourth-order valence-electron chi connectivity index (χ4n) is 7.77. The van der Waals surface area contributed by atoms with E-state index in [4.69, 9.17) is 4.74 Å². The van der Waals surface area contributed by atoms with Crippen molar-refractivity contribution in [3.63, 3.8) is 0 Å². The topological polar surface area (TPSA) is 104 Å². The lowest BCUT2D eigenvalue weighted by molar-refractivity contribution is -0.299. The molecule has 4 aliphatic carbocycles. The van der Waals surface area contributed by atoms with Crippen LogP contribution < -0.4 is 0 Å². The summed E-state index contributed by atoms with van der Waals surface area (Å²) in [6.07, 6.45) is 5.92. The number of carbonyl (C=O) groups is 2. The van der Waals surface area contributed by atoms with Gasteiger partial charge in [-0.2, -0.15) is 0 Å². The third-order valence-corrected chi connectivity index (χ3v) is 9.93. The maximum atomic E-state index is 12.8. The Morgan fingerprint density at radius 1 is 1.16 bits per heavy atom. The fraction of sp³-hybridized carbons (Fsp3) is 0.769. The van der Waals surface area contributed by atoms with Crippen molar-refractivity contribution in [1.82, 2.24) is 0 Å². The molecule has 0 saturated heterocycles. The summed E-state index contributed by atoms with van der Waals surface area (Å²) in [5.74, 6) is -1.33. The third-order valence-electron chi connectivity index (χ3n) is 9.93. The van der Waals surface area contributed by atoms with E-state index in [0.29, 0.717) is 44.1 Å². The van der Waals surface area contributed by atoms with Gasteiger partial charge in [0.05, 0.1) is 6.10 Å². The molecular formula is C26H38O6. The average Bonchev–Trinajstić information content (AvgIpc) is 3.03. The van der Waals surface area contributed by atoms with Gasteiger partial charge >= 0.3 is 5.97 Å². The highest BCUT2D eigenvalue weighted by atomic mass is 16.5. The summed E-state index contributed by atoms with van der Waals surface area (Å²) in [7, 11) is 0. The number of Topliss-reactive ketones (excluding diaryl/α,β-unsaturated/α-hetero) is 1. The molecule has 6 heteroatoms. The predicted octanol–water partition coefficient (Wildman–Crippen LogP) is 3.23. The molecule has 0 aromatic heterocycles. The first-order chi connectivity index (χ1) is 14.8. The van der Waals surface area contributed by atoms with Gasteiger partial charge in [0.2, 0.25) is 0 Å². The van der Waals surface area contributed by atoms with Gasteiger partial charge in [-0.15, -0.1) is 0 Å². The molecule has 6 nitrogen and oxygen atoms in total. The maximum Gasteiger partial charge on any atom is 0.333 e. The number of ketones is 1. The van der Waals surface area contributed by atoms with E-state index in [-0.39, 0.29) is 18.1 Å². The van der Waals surface area contributed by atoms with Gasteiger partial charge < -0.3 is 20.1 Å². The summed E-state index contributed by atoms with van der Waals surface area (Å²) < 4.78 is 6.05. The fourth-order valence-corrected chi connectivity index (χ4v) is 7.77. The molecule has 8 atom stereocenters. The van der Waals surface area contributed by atoms with E-state index in [0.717, 1.165) is 5.57 Å². The first-order valence-corrected chi connectivity index (χ1v) is 12.0. The first-order valence-electron chi connectivity index (χ1n) is 12.0. The van der Waals surface area contributed by atoms with E-state index in [1.165, 1.54) is 6.92 Å². The van der Waals surface area contributed by atoms with Gasteiger partial charge in [-0.25, -0.2) is 4.79 Å². The first kappa shape index (κ1) is 23.7. The Bertz CT molecular complexity index is 891. The number of aliphatic hydroxyl groups excluding tert-OH is 1. The highest BCUT2D eigenvalue weighted by Gasteiger charge is 2.77. The van der Waals surface area contributed by atoms with Crippen LogP contribution in [0.4, 0.5) is 0 Å². The molecule has 4 rings (SSSR count). The van der Waals surface area contributed by atoms with Gasteiger partial charge in [0, 0.05) is 22.8 Å². The minimum Gasteiger partial charge on any atom is -0.458 e. The molecule has 0 amide bonds. The van der Waals surface area contributed by atoms with Crippen molar-refractivity contribution in [1.29, 1.82) is 0 Å². The summed E-state index contributed by atoms with van der Waals surface area (Å²) in [4.78, 5) is 25.5. The van der Waals surface area contributed by atoms with Crippen LogP contribution in [0, 0.1) is 22.7 Å². The van der Waals surface area contributed by atoms with Gasteiger partial charge in [-0.1, -0.05) is 31.6 Å². The van der Waals surface area contributed by atoms with Crippen molar-refractivity contribution in [3.8, 4) is 0 Å². The molecule has 178 valence electrons. The molecule has 0 aliphatic heterocycles. The van der Waals surface area contributed by atoms with Gasteiger partial charge in [0.1, 0.15) is 23.1 Å². The van der Waals surface area contributed by atoms with Crippen LogP contribution >= 0.6 is 0 Å². The Kier molecular flexibility index (Phi) is 5.55. The minimum atomic E-state index is -1.56. The van der Waals surface area contributed by atoms with Crippen molar-refractivity contribution < 1.29 is 29.6 Å². The number of allylic oxidation sites excluding steroid dienone is 1. The second-order valence-electron chi connectivity index (χ2n) is 11.2. The summed E-state index contributed by atoms with van der Waals surface area (Å²) in [6.45, 7) is 8.93. The highest BCUT2D eigenvalue weighted by molar-refractivity contribution is 5.88. The molecule has 0 bridgehead atoms. The molecule has 3 saturated carbocycles. The number of carbonyl (C=O) groups excluding carboxylic acids is 2. The molecule has 32 heavy (non-hydrogen) atoms. The molecule has 0 radical (unpaired) electrons. The van der Waals surface area contributed by atoms with Gasteiger partial charge in [-0.3, -0.25) is 4.79 Å². The minimum absolute atomic E-state index is 0.0479. The van der Waals surface area contributed by atoms with E-state index in [2.05, 4.69) is 6.92 Å². The summed E-state index contributed by atoms with van der Waals surface area (Å²) >= 11 is 0. The molecular weight excluding hydrogens is 408 g/mol. The van der Waals surface area contributed by atoms with Gasteiger partial charge in [0.15, 0.2) is 0 Å². The lowest BCUT2D eigenvalue weighted by atomic mass is 9.43. The predicted molar refractivity (Wildman–Crippen MR) is 119 cm³/mol. The summed E-state index contributed by atoms with van der Waals surface area (Å²) in [6, 6.07) is 0. The van der Waals surface area contributed by atoms with Crippen LogP contribution in [-0.2, 0) is 14.3 Å². The molecule has 0 spiro atoms. The van der Waals surface area contributed by atoms with Gasteiger partial charge in [-0.05, 0) is 71.1 Å². The zero-order chi connectivity index (χ0) is 23.7. The zero-order valence-electron chi connectivity index (χ0n) is 20.0. The molecule has 4 aliphatic rings. The Labute approximate surface area is 190 Å². The average molecular weight is 447 g/mol. The standard InChI is InChI=1S/C26H38O6/c1-6-15(2)22(29)32-21-14-20-23(4)10-8-18(28)13-17(23)7-11-25(20,30)26(31)12-9-19(16(3)27)24(21,26)5/h6-7,18-21,28,30-31H,8-14H2,1-5H3. The Hall–Kier alpha value is -1.50. The Balaban J connectivity index is 1.85. The maximum absolute atomic E-state index is 12.8. The number of hydrogen-bond acceptors (Lipinski definition) is 6. The van der Waals surface area contributed by atoms with Crippen LogP contribution in [0.1, 0.15) is 79.6 Å². The smallest absolute Gasteiger partial charge is 0.333 e. The van der Waals surface area contributed by atoms with E-state index >= 15 is 0 Å². The number of hydrogen-bond donors (Lipinski definition) is 3.